The third-order valence-electron chi connectivity index (χ3n) is 4.11. The second-order valence-electron chi connectivity index (χ2n) is 5.52. The van der Waals surface area contributed by atoms with Crippen LogP contribution in [0, 0.1) is 0 Å². The number of nitrogens with zero attached hydrogens (tertiary/aromatic N) is 3. The average molecular weight is 310 g/mol. The number of ether oxygens (including phenoxy) is 2. The maximum atomic E-state index is 12.2. The first kappa shape index (κ1) is 16.6. The van der Waals surface area contributed by atoms with E-state index in [1.165, 1.54) is 19.4 Å². The molecule has 0 spiro atoms. The van der Waals surface area contributed by atoms with Crippen molar-refractivity contribution < 1.29 is 19.4 Å². The van der Waals surface area contributed by atoms with Crippen LogP contribution in [-0.2, 0) is 4.74 Å². The molecule has 1 fully saturated rings. The number of aliphatic hydroxyl groups excluding tert-OH is 1. The van der Waals surface area contributed by atoms with Gasteiger partial charge in [0.1, 0.15) is 5.75 Å². The predicted molar refractivity (Wildman–Crippen MR) is 78.8 cm³/mol. The van der Waals surface area contributed by atoms with E-state index >= 15 is 0 Å². The van der Waals surface area contributed by atoms with Crippen LogP contribution in [0.15, 0.2) is 12.3 Å². The number of aromatic nitrogens is 2. The molecule has 0 saturated carbocycles. The smallest absolute Gasteiger partial charge is 0.272 e. The Morgan fingerprint density at radius 3 is 3.14 bits per heavy atom. The van der Waals surface area contributed by atoms with E-state index < -0.39 is 5.54 Å². The second kappa shape index (κ2) is 6.99. The number of aliphatic hydroxyl groups is 1. The van der Waals surface area contributed by atoms with Gasteiger partial charge in [0.05, 0.1) is 38.7 Å². The minimum atomic E-state index is -0.639. The third-order valence-corrected chi connectivity index (χ3v) is 4.11. The molecule has 2 rings (SSSR count). The number of hydrogen-bond donors (Lipinski definition) is 2. The molecule has 1 aliphatic rings. The number of carbonyl (C=O) groups is 1. The van der Waals surface area contributed by atoms with Gasteiger partial charge in [0.25, 0.3) is 5.91 Å². The Morgan fingerprint density at radius 2 is 2.45 bits per heavy atom. The quantitative estimate of drug-likeness (QED) is 0.742. The molecule has 0 aliphatic carbocycles. The standard InChI is InChI=1S/C14H22N4O4/c1-10-6-22-9-14(8-19,18(10)2)7-15-13(20)12-4-11(21-3)5-16-17-12/h4-5,10,19H,6-9H2,1-3H3,(H,15,20)/t10-,14+/m1/s1. The Balaban J connectivity index is 2.05. The van der Waals surface area contributed by atoms with Crippen molar-refractivity contribution in [1.82, 2.24) is 20.4 Å². The van der Waals surface area contributed by atoms with Crippen LogP contribution in [0.4, 0.5) is 0 Å². The van der Waals surface area contributed by atoms with Crippen molar-refractivity contribution in [1.29, 1.82) is 0 Å². The van der Waals surface area contributed by atoms with Crippen molar-refractivity contribution in [3.8, 4) is 5.75 Å². The molecule has 0 unspecified atom stereocenters. The van der Waals surface area contributed by atoms with Crippen molar-refractivity contribution in [2.24, 2.45) is 0 Å². The second-order valence-corrected chi connectivity index (χ2v) is 5.52. The van der Waals surface area contributed by atoms with Crippen LogP contribution in [0.1, 0.15) is 17.4 Å². The minimum absolute atomic E-state index is 0.113. The fourth-order valence-electron chi connectivity index (χ4n) is 2.40. The van der Waals surface area contributed by atoms with Crippen LogP contribution in [0.5, 0.6) is 5.75 Å². The van der Waals surface area contributed by atoms with Gasteiger partial charge in [-0.05, 0) is 14.0 Å². The summed E-state index contributed by atoms with van der Waals surface area (Å²) in [5.74, 6) is 0.0922. The largest absolute Gasteiger partial charge is 0.495 e. The van der Waals surface area contributed by atoms with Gasteiger partial charge in [-0.2, -0.15) is 5.10 Å². The molecule has 1 aliphatic heterocycles. The summed E-state index contributed by atoms with van der Waals surface area (Å²) in [6, 6.07) is 1.67. The van der Waals surface area contributed by atoms with Gasteiger partial charge in [-0.1, -0.05) is 0 Å². The molecule has 0 aromatic carbocycles. The Hall–Kier alpha value is -1.77. The van der Waals surface area contributed by atoms with Crippen LogP contribution in [0.25, 0.3) is 0 Å². The van der Waals surface area contributed by atoms with Crippen molar-refractivity contribution in [2.45, 2.75) is 18.5 Å². The molecule has 8 nitrogen and oxygen atoms in total. The molecule has 2 heterocycles. The van der Waals surface area contributed by atoms with Crippen LogP contribution >= 0.6 is 0 Å². The lowest BCUT2D eigenvalue weighted by Crippen LogP contribution is -2.65. The van der Waals surface area contributed by atoms with E-state index in [-0.39, 0.29) is 30.8 Å². The van der Waals surface area contributed by atoms with Crippen molar-refractivity contribution in [3.63, 3.8) is 0 Å². The van der Waals surface area contributed by atoms with Gasteiger partial charge in [0.15, 0.2) is 5.69 Å². The first-order valence-corrected chi connectivity index (χ1v) is 7.09. The summed E-state index contributed by atoms with van der Waals surface area (Å²) in [6.45, 7) is 3.11. The number of morpholine rings is 1. The molecule has 1 amide bonds. The highest BCUT2D eigenvalue weighted by Gasteiger charge is 2.40. The van der Waals surface area contributed by atoms with E-state index in [1.807, 2.05) is 18.9 Å². The van der Waals surface area contributed by atoms with Crippen molar-refractivity contribution in [2.75, 3.05) is 40.5 Å². The molecule has 22 heavy (non-hydrogen) atoms. The summed E-state index contributed by atoms with van der Waals surface area (Å²) < 4.78 is 10.6. The van der Waals surface area contributed by atoms with Crippen molar-refractivity contribution in [3.05, 3.63) is 18.0 Å². The zero-order chi connectivity index (χ0) is 16.2. The van der Waals surface area contributed by atoms with Crippen molar-refractivity contribution >= 4 is 5.91 Å². The number of carbonyl (C=O) groups excluding carboxylic acids is 1. The molecule has 1 aromatic heterocycles. The highest BCUT2D eigenvalue weighted by atomic mass is 16.5. The van der Waals surface area contributed by atoms with Gasteiger partial charge >= 0.3 is 0 Å². The number of hydrogen-bond acceptors (Lipinski definition) is 7. The number of amides is 1. The minimum Gasteiger partial charge on any atom is -0.495 e. The molecule has 0 radical (unpaired) electrons. The molecule has 2 atom stereocenters. The van der Waals surface area contributed by atoms with Crippen LogP contribution in [0.3, 0.4) is 0 Å². The topological polar surface area (TPSA) is 96.8 Å². The fraction of sp³-hybridized carbons (Fsp3) is 0.643. The molecule has 0 bridgehead atoms. The summed E-state index contributed by atoms with van der Waals surface area (Å²) in [5.41, 5.74) is -0.473. The summed E-state index contributed by atoms with van der Waals surface area (Å²) in [6.07, 6.45) is 1.43. The first-order chi connectivity index (χ1) is 10.5. The summed E-state index contributed by atoms with van der Waals surface area (Å²) in [7, 11) is 3.41. The van der Waals surface area contributed by atoms with Gasteiger partial charge in [0.2, 0.25) is 0 Å². The fourth-order valence-corrected chi connectivity index (χ4v) is 2.40. The lowest BCUT2D eigenvalue weighted by Gasteiger charge is -2.47. The molecular weight excluding hydrogens is 288 g/mol. The Labute approximate surface area is 129 Å². The van der Waals surface area contributed by atoms with Gasteiger partial charge in [-0.3, -0.25) is 9.69 Å². The third kappa shape index (κ3) is 3.34. The lowest BCUT2D eigenvalue weighted by atomic mass is 9.96. The average Bonchev–Trinajstić information content (AvgIpc) is 2.56. The molecule has 8 heteroatoms. The first-order valence-electron chi connectivity index (χ1n) is 7.09. The summed E-state index contributed by atoms with van der Waals surface area (Å²) in [5, 5.41) is 20.1. The van der Waals surface area contributed by atoms with E-state index in [4.69, 9.17) is 9.47 Å². The zero-order valence-corrected chi connectivity index (χ0v) is 13.1. The number of nitrogens with one attached hydrogen (secondary N) is 1. The normalized spacial score (nSPS) is 25.7. The van der Waals surface area contributed by atoms with Gasteiger partial charge < -0.3 is 19.9 Å². The SMILES string of the molecule is COc1cnnc(C(=O)NC[C@]2(CO)COC[C@@H](C)N2C)c1. The van der Waals surface area contributed by atoms with E-state index in [9.17, 15) is 9.90 Å². The zero-order valence-electron chi connectivity index (χ0n) is 13.1. The van der Waals surface area contributed by atoms with E-state index in [1.54, 1.807) is 0 Å². The lowest BCUT2D eigenvalue weighted by molar-refractivity contribution is -0.105. The molecular formula is C14H22N4O4. The number of likely N-dealkylation sites (N-methyl/N-ethyl adjacent to an activating group) is 1. The molecule has 2 N–H and O–H groups in total. The van der Waals surface area contributed by atoms with Gasteiger partial charge in [-0.15, -0.1) is 5.10 Å². The van der Waals surface area contributed by atoms with Crippen LogP contribution in [-0.4, -0.2) is 78.2 Å². The maximum absolute atomic E-state index is 12.2. The molecule has 1 saturated heterocycles. The summed E-state index contributed by atoms with van der Waals surface area (Å²) >= 11 is 0. The van der Waals surface area contributed by atoms with Crippen LogP contribution < -0.4 is 10.1 Å². The molecule has 122 valence electrons. The summed E-state index contributed by atoms with van der Waals surface area (Å²) in [4.78, 5) is 14.2. The Kier molecular flexibility index (Phi) is 5.28. The molecule has 1 aromatic rings. The maximum Gasteiger partial charge on any atom is 0.272 e. The van der Waals surface area contributed by atoms with Gasteiger partial charge in [0, 0.05) is 18.7 Å². The number of methoxy groups -OCH3 is 1. The van der Waals surface area contributed by atoms with Gasteiger partial charge in [-0.25, -0.2) is 0 Å². The van der Waals surface area contributed by atoms with E-state index in [0.29, 0.717) is 19.0 Å². The monoisotopic (exact) mass is 310 g/mol. The Bertz CT molecular complexity index is 527. The van der Waals surface area contributed by atoms with Crippen LogP contribution in [0.2, 0.25) is 0 Å². The highest BCUT2D eigenvalue weighted by molar-refractivity contribution is 5.92. The predicted octanol–water partition coefficient (Wildman–Crippen LogP) is -0.703. The van der Waals surface area contributed by atoms with E-state index in [0.717, 1.165) is 0 Å². The number of rotatable bonds is 5. The van der Waals surface area contributed by atoms with E-state index in [2.05, 4.69) is 15.5 Å². The Morgan fingerprint density at radius 1 is 1.68 bits per heavy atom. The highest BCUT2D eigenvalue weighted by Crippen LogP contribution is 2.21.